The number of hydrogen-bond donors (Lipinski definition) is 1. The lowest BCUT2D eigenvalue weighted by atomic mass is 9.92. The third kappa shape index (κ3) is 3.58. The average molecular weight is 277 g/mol. The first-order chi connectivity index (χ1) is 9.53. The Balaban J connectivity index is 2.17. The topological polar surface area (TPSA) is 49.8 Å². The highest BCUT2D eigenvalue weighted by Crippen LogP contribution is 2.29. The van der Waals surface area contributed by atoms with Gasteiger partial charge in [0.2, 0.25) is 0 Å². The van der Waals surface area contributed by atoms with Crippen molar-refractivity contribution < 1.29 is 14.6 Å². The Kier molecular flexibility index (Phi) is 4.78. The Morgan fingerprint density at radius 1 is 1.35 bits per heavy atom. The van der Waals surface area contributed by atoms with Gasteiger partial charge in [0, 0.05) is 13.1 Å². The summed E-state index contributed by atoms with van der Waals surface area (Å²) in [5.74, 6) is -0.208. The highest BCUT2D eigenvalue weighted by Gasteiger charge is 2.35. The van der Waals surface area contributed by atoms with Crippen molar-refractivity contribution in [1.29, 1.82) is 0 Å². The molecule has 1 unspecified atom stereocenters. The lowest BCUT2D eigenvalue weighted by molar-refractivity contribution is -0.151. The normalized spacial score (nSPS) is 20.4. The van der Waals surface area contributed by atoms with Crippen LogP contribution < -0.4 is 0 Å². The molecule has 1 N–H and O–H groups in total. The Hall–Kier alpha value is -1.39. The number of piperidine rings is 1. The van der Waals surface area contributed by atoms with E-state index in [9.17, 15) is 9.90 Å². The van der Waals surface area contributed by atoms with Crippen LogP contribution in [0.4, 0.5) is 0 Å². The van der Waals surface area contributed by atoms with Crippen LogP contribution in [0.3, 0.4) is 0 Å². The first-order valence-corrected chi connectivity index (χ1v) is 7.21. The Morgan fingerprint density at radius 2 is 1.95 bits per heavy atom. The number of benzene rings is 1. The van der Waals surface area contributed by atoms with Crippen LogP contribution >= 0.6 is 0 Å². The summed E-state index contributed by atoms with van der Waals surface area (Å²) in [6.45, 7) is 5.46. The fourth-order valence-electron chi connectivity index (χ4n) is 2.62. The van der Waals surface area contributed by atoms with Crippen molar-refractivity contribution in [3.63, 3.8) is 0 Å². The van der Waals surface area contributed by atoms with E-state index < -0.39 is 5.60 Å². The van der Waals surface area contributed by atoms with Crippen LogP contribution in [0.2, 0.25) is 0 Å². The molecule has 1 aliphatic rings. The Bertz CT molecular complexity index is 434. The maximum absolute atomic E-state index is 12.3. The maximum Gasteiger partial charge on any atom is 0.327 e. The van der Waals surface area contributed by atoms with E-state index >= 15 is 0 Å². The molecule has 0 radical (unpaired) electrons. The van der Waals surface area contributed by atoms with E-state index in [1.165, 1.54) is 0 Å². The number of carbonyl (C=O) groups is 1. The van der Waals surface area contributed by atoms with Crippen LogP contribution in [0.1, 0.15) is 38.3 Å². The van der Waals surface area contributed by atoms with Crippen molar-refractivity contribution in [3.05, 3.63) is 35.9 Å². The molecule has 110 valence electrons. The SMILES string of the molecule is CCOC(=O)C(c1ccccc1)N1CCC(C)(O)CC1. The van der Waals surface area contributed by atoms with Gasteiger partial charge in [-0.15, -0.1) is 0 Å². The molecular formula is C16H23NO3. The first kappa shape index (κ1) is 15.0. The molecule has 0 bridgehead atoms. The summed E-state index contributed by atoms with van der Waals surface area (Å²) in [4.78, 5) is 14.4. The van der Waals surface area contributed by atoms with Crippen molar-refractivity contribution in [3.8, 4) is 0 Å². The van der Waals surface area contributed by atoms with Crippen LogP contribution in [0.25, 0.3) is 0 Å². The minimum Gasteiger partial charge on any atom is -0.465 e. The van der Waals surface area contributed by atoms with Crippen molar-refractivity contribution in [2.45, 2.75) is 38.3 Å². The quantitative estimate of drug-likeness (QED) is 0.857. The predicted molar refractivity (Wildman–Crippen MR) is 77.2 cm³/mol. The molecule has 1 atom stereocenters. The van der Waals surface area contributed by atoms with E-state index in [1.807, 2.05) is 44.2 Å². The van der Waals surface area contributed by atoms with Crippen LogP contribution in [-0.4, -0.2) is 41.3 Å². The maximum atomic E-state index is 12.3. The fourth-order valence-corrected chi connectivity index (χ4v) is 2.62. The average Bonchev–Trinajstić information content (AvgIpc) is 2.42. The van der Waals surface area contributed by atoms with Gasteiger partial charge in [0.05, 0.1) is 12.2 Å². The van der Waals surface area contributed by atoms with Crippen LogP contribution in [0.5, 0.6) is 0 Å². The van der Waals surface area contributed by atoms with E-state index in [-0.39, 0.29) is 12.0 Å². The van der Waals surface area contributed by atoms with E-state index in [2.05, 4.69) is 4.90 Å². The summed E-state index contributed by atoms with van der Waals surface area (Å²) in [6.07, 6.45) is 1.35. The molecule has 2 rings (SSSR count). The highest BCUT2D eigenvalue weighted by atomic mass is 16.5. The summed E-state index contributed by atoms with van der Waals surface area (Å²) in [7, 11) is 0. The summed E-state index contributed by atoms with van der Waals surface area (Å²) >= 11 is 0. The van der Waals surface area contributed by atoms with E-state index in [0.29, 0.717) is 32.5 Å². The van der Waals surface area contributed by atoms with Gasteiger partial charge >= 0.3 is 5.97 Å². The Labute approximate surface area is 120 Å². The summed E-state index contributed by atoms with van der Waals surface area (Å²) < 4.78 is 5.22. The molecule has 0 aromatic heterocycles. The molecule has 4 heteroatoms. The number of rotatable bonds is 4. The zero-order chi connectivity index (χ0) is 14.6. The molecule has 1 aliphatic heterocycles. The second-order valence-electron chi connectivity index (χ2n) is 5.60. The second-order valence-corrected chi connectivity index (χ2v) is 5.60. The number of hydrogen-bond acceptors (Lipinski definition) is 4. The van der Waals surface area contributed by atoms with Gasteiger partial charge in [-0.3, -0.25) is 4.90 Å². The highest BCUT2D eigenvalue weighted by molar-refractivity contribution is 5.77. The number of esters is 1. The van der Waals surface area contributed by atoms with E-state index in [1.54, 1.807) is 0 Å². The van der Waals surface area contributed by atoms with E-state index in [4.69, 9.17) is 4.74 Å². The Morgan fingerprint density at radius 3 is 2.50 bits per heavy atom. The molecule has 1 aromatic carbocycles. The van der Waals surface area contributed by atoms with Gasteiger partial charge in [0.1, 0.15) is 6.04 Å². The van der Waals surface area contributed by atoms with Gasteiger partial charge < -0.3 is 9.84 Å². The van der Waals surface area contributed by atoms with Crippen LogP contribution in [0.15, 0.2) is 30.3 Å². The molecule has 0 amide bonds. The zero-order valence-corrected chi connectivity index (χ0v) is 12.2. The van der Waals surface area contributed by atoms with Crippen molar-refractivity contribution in [2.24, 2.45) is 0 Å². The third-order valence-electron chi connectivity index (χ3n) is 3.87. The molecule has 1 aromatic rings. The third-order valence-corrected chi connectivity index (χ3v) is 3.87. The summed E-state index contributed by atoms with van der Waals surface area (Å²) in [6, 6.07) is 9.34. The molecule has 4 nitrogen and oxygen atoms in total. The van der Waals surface area contributed by atoms with Crippen LogP contribution in [0, 0.1) is 0 Å². The molecule has 1 fully saturated rings. The van der Waals surface area contributed by atoms with E-state index in [0.717, 1.165) is 5.56 Å². The number of carbonyl (C=O) groups excluding carboxylic acids is 1. The predicted octanol–water partition coefficient (Wildman–Crippen LogP) is 2.14. The lowest BCUT2D eigenvalue weighted by Gasteiger charge is -2.39. The molecule has 20 heavy (non-hydrogen) atoms. The second kappa shape index (κ2) is 6.37. The summed E-state index contributed by atoms with van der Waals surface area (Å²) in [5, 5.41) is 10.0. The van der Waals surface area contributed by atoms with Crippen molar-refractivity contribution in [1.82, 2.24) is 4.90 Å². The molecule has 0 saturated carbocycles. The monoisotopic (exact) mass is 277 g/mol. The van der Waals surface area contributed by atoms with Gasteiger partial charge in [-0.05, 0) is 32.3 Å². The molecule has 0 aliphatic carbocycles. The smallest absolute Gasteiger partial charge is 0.327 e. The van der Waals surface area contributed by atoms with Gasteiger partial charge in [-0.25, -0.2) is 4.79 Å². The van der Waals surface area contributed by atoms with Gasteiger partial charge in [-0.1, -0.05) is 30.3 Å². The minimum atomic E-state index is -0.619. The zero-order valence-electron chi connectivity index (χ0n) is 12.2. The number of aliphatic hydroxyl groups is 1. The van der Waals surface area contributed by atoms with Gasteiger partial charge in [0.15, 0.2) is 0 Å². The fraction of sp³-hybridized carbons (Fsp3) is 0.562. The van der Waals surface area contributed by atoms with Crippen LogP contribution in [-0.2, 0) is 9.53 Å². The van der Waals surface area contributed by atoms with Gasteiger partial charge in [0.25, 0.3) is 0 Å². The number of ether oxygens (including phenoxy) is 1. The molecule has 1 saturated heterocycles. The lowest BCUT2D eigenvalue weighted by Crippen LogP contribution is -2.46. The van der Waals surface area contributed by atoms with Crippen molar-refractivity contribution in [2.75, 3.05) is 19.7 Å². The van der Waals surface area contributed by atoms with Gasteiger partial charge in [-0.2, -0.15) is 0 Å². The molecule has 0 spiro atoms. The standard InChI is InChI=1S/C16H23NO3/c1-3-20-15(18)14(13-7-5-4-6-8-13)17-11-9-16(2,19)10-12-17/h4-8,14,19H,3,9-12H2,1-2H3. The largest absolute Gasteiger partial charge is 0.465 e. The number of likely N-dealkylation sites (tertiary alicyclic amines) is 1. The molecular weight excluding hydrogens is 254 g/mol. The summed E-state index contributed by atoms with van der Waals surface area (Å²) in [5.41, 5.74) is 0.333. The van der Waals surface area contributed by atoms with Crippen molar-refractivity contribution >= 4 is 5.97 Å². The minimum absolute atomic E-state index is 0.208. The number of nitrogens with zero attached hydrogens (tertiary/aromatic N) is 1. The first-order valence-electron chi connectivity index (χ1n) is 7.21. The molecule has 1 heterocycles.